The summed E-state index contributed by atoms with van der Waals surface area (Å²) in [6.45, 7) is 5.55. The number of benzene rings is 1. The van der Waals surface area contributed by atoms with Crippen LogP contribution in [0, 0.1) is 5.82 Å². The van der Waals surface area contributed by atoms with Crippen molar-refractivity contribution in [3.8, 4) is 0 Å². The van der Waals surface area contributed by atoms with Crippen LogP contribution in [0.25, 0.3) is 0 Å². The lowest BCUT2D eigenvalue weighted by atomic mass is 10.0. The summed E-state index contributed by atoms with van der Waals surface area (Å²) in [5.41, 5.74) is 6.92. The van der Waals surface area contributed by atoms with Gasteiger partial charge in [0.15, 0.2) is 0 Å². The molecule has 2 rings (SSSR count). The quantitative estimate of drug-likeness (QED) is 0.807. The molecule has 2 nitrogen and oxygen atoms in total. The Balaban J connectivity index is 2.33. The van der Waals surface area contributed by atoms with E-state index in [1.807, 2.05) is 6.07 Å². The van der Waals surface area contributed by atoms with E-state index in [2.05, 4.69) is 46.1 Å². The van der Waals surface area contributed by atoms with Crippen molar-refractivity contribution in [2.75, 3.05) is 6.54 Å². The van der Waals surface area contributed by atoms with Gasteiger partial charge >= 0.3 is 0 Å². The molecule has 2 N–H and O–H groups in total. The van der Waals surface area contributed by atoms with E-state index >= 15 is 0 Å². The molecule has 0 fully saturated rings. The molecule has 0 spiro atoms. The molecule has 5 heteroatoms. The van der Waals surface area contributed by atoms with Gasteiger partial charge < -0.3 is 5.73 Å². The van der Waals surface area contributed by atoms with Gasteiger partial charge in [0.1, 0.15) is 5.82 Å². The summed E-state index contributed by atoms with van der Waals surface area (Å²) >= 11 is 5.25. The van der Waals surface area contributed by atoms with E-state index in [9.17, 15) is 4.39 Å². The topological polar surface area (TPSA) is 29.3 Å². The normalized spacial score (nSPS) is 13.1. The highest BCUT2D eigenvalue weighted by molar-refractivity contribution is 9.10. The van der Waals surface area contributed by atoms with Gasteiger partial charge in [-0.25, -0.2) is 4.39 Å². The first-order valence-corrected chi connectivity index (χ1v) is 8.63. The van der Waals surface area contributed by atoms with E-state index in [0.717, 1.165) is 16.6 Å². The fourth-order valence-electron chi connectivity index (χ4n) is 2.45. The van der Waals surface area contributed by atoms with Crippen molar-refractivity contribution in [2.45, 2.75) is 32.5 Å². The zero-order valence-corrected chi connectivity index (χ0v) is 14.6. The largest absolute Gasteiger partial charge is 0.329 e. The van der Waals surface area contributed by atoms with Crippen molar-refractivity contribution in [2.24, 2.45) is 5.73 Å². The second kappa shape index (κ2) is 7.49. The molecule has 1 aromatic carbocycles. The summed E-state index contributed by atoms with van der Waals surface area (Å²) in [7, 11) is 0. The zero-order chi connectivity index (χ0) is 15.4. The predicted octanol–water partition coefficient (Wildman–Crippen LogP) is 4.56. The van der Waals surface area contributed by atoms with E-state index in [1.165, 1.54) is 10.9 Å². The maximum atomic E-state index is 13.6. The fraction of sp³-hybridized carbons (Fsp3) is 0.375. The van der Waals surface area contributed by atoms with E-state index in [-0.39, 0.29) is 11.9 Å². The standard InChI is InChI=1S/C16H20BrFN2S/c1-11(2)20(10-13-4-3-7-21-13)16(9-19)14-8-12(18)5-6-15(14)17/h3-8,11,16H,9-10,19H2,1-2H3. The summed E-state index contributed by atoms with van der Waals surface area (Å²) in [4.78, 5) is 3.60. The molecule has 0 bridgehead atoms. The second-order valence-corrected chi connectivity index (χ2v) is 7.15. The van der Waals surface area contributed by atoms with Crippen LogP contribution in [0.1, 0.15) is 30.3 Å². The fourth-order valence-corrected chi connectivity index (χ4v) is 3.67. The summed E-state index contributed by atoms with van der Waals surface area (Å²) in [5, 5.41) is 2.07. The molecule has 0 aliphatic heterocycles. The third kappa shape index (κ3) is 4.13. The number of nitrogens with two attached hydrogens (primary N) is 1. The Labute approximate surface area is 137 Å². The number of halogens is 2. The highest BCUT2D eigenvalue weighted by Crippen LogP contribution is 2.31. The van der Waals surface area contributed by atoms with Crippen LogP contribution in [0.4, 0.5) is 4.39 Å². The molecule has 0 radical (unpaired) electrons. The Bertz CT molecular complexity index is 572. The molecule has 0 aliphatic carbocycles. The second-order valence-electron chi connectivity index (χ2n) is 5.26. The number of hydrogen-bond acceptors (Lipinski definition) is 3. The molecule has 21 heavy (non-hydrogen) atoms. The number of nitrogens with zero attached hydrogens (tertiary/aromatic N) is 1. The zero-order valence-electron chi connectivity index (χ0n) is 12.2. The van der Waals surface area contributed by atoms with Gasteiger partial charge in [-0.1, -0.05) is 22.0 Å². The van der Waals surface area contributed by atoms with Crippen molar-refractivity contribution >= 4 is 27.3 Å². The average molecular weight is 371 g/mol. The molecular formula is C16H20BrFN2S. The van der Waals surface area contributed by atoms with Crippen LogP contribution in [0.5, 0.6) is 0 Å². The van der Waals surface area contributed by atoms with Crippen LogP contribution in [0.2, 0.25) is 0 Å². The Kier molecular flexibility index (Phi) is 5.93. The summed E-state index contributed by atoms with van der Waals surface area (Å²) in [6, 6.07) is 9.25. The lowest BCUT2D eigenvalue weighted by Gasteiger charge is -2.34. The van der Waals surface area contributed by atoms with E-state index in [0.29, 0.717) is 12.6 Å². The van der Waals surface area contributed by atoms with Gasteiger partial charge in [0, 0.05) is 34.5 Å². The van der Waals surface area contributed by atoms with Crippen molar-refractivity contribution in [1.82, 2.24) is 4.90 Å². The minimum atomic E-state index is -0.230. The first kappa shape index (κ1) is 16.6. The molecule has 2 aromatic rings. The minimum absolute atomic E-state index is 0.0165. The lowest BCUT2D eigenvalue weighted by molar-refractivity contribution is 0.148. The molecule has 0 saturated carbocycles. The Morgan fingerprint density at radius 3 is 2.67 bits per heavy atom. The average Bonchev–Trinajstić information content (AvgIpc) is 2.95. The molecule has 0 amide bonds. The van der Waals surface area contributed by atoms with Gasteiger partial charge in [-0.2, -0.15) is 0 Å². The maximum Gasteiger partial charge on any atom is 0.123 e. The highest BCUT2D eigenvalue weighted by atomic mass is 79.9. The van der Waals surface area contributed by atoms with Crippen LogP contribution >= 0.6 is 27.3 Å². The minimum Gasteiger partial charge on any atom is -0.329 e. The Morgan fingerprint density at radius 2 is 2.10 bits per heavy atom. The molecular weight excluding hydrogens is 351 g/mol. The first-order valence-electron chi connectivity index (χ1n) is 6.96. The molecule has 0 saturated heterocycles. The smallest absolute Gasteiger partial charge is 0.123 e. The van der Waals surface area contributed by atoms with Crippen LogP contribution in [-0.4, -0.2) is 17.5 Å². The van der Waals surface area contributed by atoms with Crippen molar-refractivity contribution in [1.29, 1.82) is 0 Å². The van der Waals surface area contributed by atoms with Crippen LogP contribution < -0.4 is 5.73 Å². The number of thiophene rings is 1. The third-order valence-corrected chi connectivity index (χ3v) is 5.11. The Hall–Kier alpha value is -0.750. The van der Waals surface area contributed by atoms with Crippen molar-refractivity contribution in [3.63, 3.8) is 0 Å². The Morgan fingerprint density at radius 1 is 1.33 bits per heavy atom. The maximum absolute atomic E-state index is 13.6. The predicted molar refractivity (Wildman–Crippen MR) is 90.9 cm³/mol. The molecule has 1 unspecified atom stereocenters. The summed E-state index contributed by atoms with van der Waals surface area (Å²) in [6.07, 6.45) is 0. The van der Waals surface area contributed by atoms with Crippen molar-refractivity contribution in [3.05, 3.63) is 56.4 Å². The van der Waals surface area contributed by atoms with Crippen molar-refractivity contribution < 1.29 is 4.39 Å². The van der Waals surface area contributed by atoms with Gasteiger partial charge in [0.2, 0.25) is 0 Å². The molecule has 1 atom stereocenters. The van der Waals surface area contributed by atoms with E-state index in [1.54, 1.807) is 23.5 Å². The van der Waals surface area contributed by atoms with Crippen LogP contribution in [0.15, 0.2) is 40.2 Å². The monoisotopic (exact) mass is 370 g/mol. The van der Waals surface area contributed by atoms with Crippen LogP contribution in [-0.2, 0) is 6.54 Å². The molecule has 1 heterocycles. The number of hydrogen-bond donors (Lipinski definition) is 1. The lowest BCUT2D eigenvalue weighted by Crippen LogP contribution is -2.38. The molecule has 0 aliphatic rings. The van der Waals surface area contributed by atoms with Gasteiger partial charge in [0.05, 0.1) is 0 Å². The van der Waals surface area contributed by atoms with Gasteiger partial charge in [-0.15, -0.1) is 11.3 Å². The van der Waals surface area contributed by atoms with Gasteiger partial charge in [-0.05, 0) is 49.1 Å². The highest BCUT2D eigenvalue weighted by Gasteiger charge is 2.24. The van der Waals surface area contributed by atoms with Gasteiger partial charge in [0.25, 0.3) is 0 Å². The third-order valence-electron chi connectivity index (χ3n) is 3.52. The summed E-state index contributed by atoms with van der Waals surface area (Å²) < 4.78 is 14.5. The summed E-state index contributed by atoms with van der Waals surface area (Å²) in [5.74, 6) is -0.230. The number of rotatable bonds is 6. The van der Waals surface area contributed by atoms with Crippen LogP contribution in [0.3, 0.4) is 0 Å². The van der Waals surface area contributed by atoms with E-state index < -0.39 is 0 Å². The molecule has 1 aromatic heterocycles. The first-order chi connectivity index (χ1) is 10.0. The SMILES string of the molecule is CC(C)N(Cc1cccs1)C(CN)c1cc(F)ccc1Br. The molecule has 114 valence electrons. The van der Waals surface area contributed by atoms with E-state index in [4.69, 9.17) is 5.73 Å². The van der Waals surface area contributed by atoms with Gasteiger partial charge in [-0.3, -0.25) is 4.90 Å².